The Morgan fingerprint density at radius 3 is 1.59 bits per heavy atom. The van der Waals surface area contributed by atoms with E-state index in [9.17, 15) is 0 Å². The summed E-state index contributed by atoms with van der Waals surface area (Å²) in [5.41, 5.74) is 13.2. The van der Waals surface area contributed by atoms with Crippen LogP contribution in [-0.4, -0.2) is 9.97 Å². The molecule has 0 aliphatic rings. The topological polar surface area (TPSA) is 38.9 Å². The Labute approximate surface area is 284 Å². The molecule has 0 spiro atoms. The van der Waals surface area contributed by atoms with Crippen LogP contribution in [0.1, 0.15) is 0 Å². The summed E-state index contributed by atoms with van der Waals surface area (Å²) in [5.74, 6) is 0.685. The molecule has 9 aromatic rings. The zero-order chi connectivity index (χ0) is 32.6. The summed E-state index contributed by atoms with van der Waals surface area (Å²) in [6.07, 6.45) is 0. The number of fused-ring (bicyclic) bond motifs is 3. The van der Waals surface area contributed by atoms with Gasteiger partial charge in [0.25, 0.3) is 0 Å². The Bertz CT molecular complexity index is 2590. The van der Waals surface area contributed by atoms with E-state index in [-0.39, 0.29) is 0 Å². The highest BCUT2D eigenvalue weighted by molar-refractivity contribution is 6.09. The van der Waals surface area contributed by atoms with Gasteiger partial charge in [0.15, 0.2) is 5.82 Å². The summed E-state index contributed by atoms with van der Waals surface area (Å²) in [5, 5.41) is 2.22. The quantitative estimate of drug-likeness (QED) is 0.184. The second-order valence-electron chi connectivity index (χ2n) is 12.2. The molecule has 0 bridgehead atoms. The Morgan fingerprint density at radius 1 is 0.327 bits per heavy atom. The van der Waals surface area contributed by atoms with Gasteiger partial charge in [-0.15, -0.1) is 0 Å². The third-order valence-electron chi connectivity index (χ3n) is 9.07. The average Bonchev–Trinajstić information content (AvgIpc) is 3.58. The molecule has 49 heavy (non-hydrogen) atoms. The van der Waals surface area contributed by atoms with Crippen molar-refractivity contribution in [3.63, 3.8) is 0 Å². The van der Waals surface area contributed by atoms with Gasteiger partial charge in [-0.05, 0) is 64.2 Å². The minimum absolute atomic E-state index is 0.685. The fourth-order valence-corrected chi connectivity index (χ4v) is 6.65. The Hall–Kier alpha value is -6.58. The summed E-state index contributed by atoms with van der Waals surface area (Å²) in [7, 11) is 0. The molecule has 0 unspecified atom stereocenters. The molecule has 0 atom stereocenters. The summed E-state index contributed by atoms with van der Waals surface area (Å²) >= 11 is 0. The molecule has 0 fully saturated rings. The van der Waals surface area contributed by atoms with Crippen molar-refractivity contribution in [2.75, 3.05) is 0 Å². The van der Waals surface area contributed by atoms with Gasteiger partial charge in [-0.2, -0.15) is 0 Å². The van der Waals surface area contributed by atoms with Crippen molar-refractivity contribution < 1.29 is 4.42 Å². The van der Waals surface area contributed by atoms with Crippen molar-refractivity contribution in [3.05, 3.63) is 182 Å². The predicted molar refractivity (Wildman–Crippen MR) is 202 cm³/mol. The maximum absolute atomic E-state index is 6.51. The van der Waals surface area contributed by atoms with Crippen molar-refractivity contribution in [3.8, 4) is 67.3 Å². The fourth-order valence-electron chi connectivity index (χ4n) is 6.65. The third-order valence-corrected chi connectivity index (χ3v) is 9.07. The monoisotopic (exact) mass is 626 g/mol. The summed E-state index contributed by atoms with van der Waals surface area (Å²) in [4.78, 5) is 10.3. The van der Waals surface area contributed by atoms with Crippen LogP contribution in [0.2, 0.25) is 0 Å². The Kier molecular flexibility index (Phi) is 7.14. The zero-order valence-electron chi connectivity index (χ0n) is 26.6. The SMILES string of the molecule is c1ccc(-c2cccc(-c3cc(-c4cc(-c5ccccc5)cc(-c5cccc6c5oc5ccccc56)c4)nc(-c4ccccc4)n3)c2)cc1. The van der Waals surface area contributed by atoms with Gasteiger partial charge in [-0.25, -0.2) is 9.97 Å². The van der Waals surface area contributed by atoms with Crippen molar-refractivity contribution in [2.45, 2.75) is 0 Å². The van der Waals surface area contributed by atoms with E-state index in [1.807, 2.05) is 36.4 Å². The lowest BCUT2D eigenvalue weighted by Crippen LogP contribution is -1.97. The molecule has 3 heteroatoms. The van der Waals surface area contributed by atoms with Crippen LogP contribution in [0.3, 0.4) is 0 Å². The predicted octanol–water partition coefficient (Wildman–Crippen LogP) is 12.4. The first kappa shape index (κ1) is 28.6. The standard InChI is InChI=1S/C46H30N2O/c1-4-14-31(15-5-1)34-20-12-21-35(26-34)42-30-43(48-46(47-42)33-18-8-3-9-19-33)38-28-36(32-16-6-2-7-17-32)27-37(29-38)39-23-13-24-41-40-22-10-11-25-44(40)49-45(39)41/h1-30H. The second-order valence-corrected chi connectivity index (χ2v) is 12.2. The molecular weight excluding hydrogens is 597 g/mol. The number of rotatable bonds is 6. The van der Waals surface area contributed by atoms with E-state index >= 15 is 0 Å². The molecule has 0 N–H and O–H groups in total. The van der Waals surface area contributed by atoms with E-state index in [1.54, 1.807) is 0 Å². The van der Waals surface area contributed by atoms with Gasteiger partial charge in [0.2, 0.25) is 0 Å². The number of furan rings is 1. The fraction of sp³-hybridized carbons (Fsp3) is 0. The number of benzene rings is 7. The minimum Gasteiger partial charge on any atom is -0.455 e. The molecule has 0 amide bonds. The Morgan fingerprint density at radius 2 is 0.837 bits per heavy atom. The molecule has 0 saturated carbocycles. The van der Waals surface area contributed by atoms with Crippen LogP contribution in [-0.2, 0) is 0 Å². The van der Waals surface area contributed by atoms with Crippen LogP contribution in [0.5, 0.6) is 0 Å². The highest BCUT2D eigenvalue weighted by Gasteiger charge is 2.17. The Balaban J connectivity index is 1.27. The van der Waals surface area contributed by atoms with Crippen molar-refractivity contribution in [1.82, 2.24) is 9.97 Å². The van der Waals surface area contributed by atoms with Crippen molar-refractivity contribution >= 4 is 21.9 Å². The van der Waals surface area contributed by atoms with Gasteiger partial charge >= 0.3 is 0 Å². The maximum atomic E-state index is 6.51. The lowest BCUT2D eigenvalue weighted by atomic mass is 9.93. The van der Waals surface area contributed by atoms with Gasteiger partial charge in [0.1, 0.15) is 11.2 Å². The van der Waals surface area contributed by atoms with Gasteiger partial charge in [0.05, 0.1) is 11.4 Å². The first-order valence-electron chi connectivity index (χ1n) is 16.5. The smallest absolute Gasteiger partial charge is 0.160 e. The van der Waals surface area contributed by atoms with E-state index in [2.05, 4.69) is 146 Å². The van der Waals surface area contributed by atoms with E-state index < -0.39 is 0 Å². The first-order chi connectivity index (χ1) is 24.3. The highest BCUT2D eigenvalue weighted by atomic mass is 16.3. The van der Waals surface area contributed by atoms with E-state index in [0.29, 0.717) is 5.82 Å². The van der Waals surface area contributed by atoms with E-state index in [1.165, 1.54) is 5.56 Å². The number of aromatic nitrogens is 2. The molecule has 230 valence electrons. The second kappa shape index (κ2) is 12.2. The molecule has 0 radical (unpaired) electrons. The first-order valence-corrected chi connectivity index (χ1v) is 16.5. The number of hydrogen-bond acceptors (Lipinski definition) is 3. The van der Waals surface area contributed by atoms with Gasteiger partial charge in [0, 0.05) is 33.0 Å². The lowest BCUT2D eigenvalue weighted by Gasteiger charge is -2.14. The number of hydrogen-bond donors (Lipinski definition) is 0. The largest absolute Gasteiger partial charge is 0.455 e. The zero-order valence-corrected chi connectivity index (χ0v) is 26.6. The number of para-hydroxylation sites is 2. The molecule has 3 nitrogen and oxygen atoms in total. The van der Waals surface area contributed by atoms with Crippen molar-refractivity contribution in [2.24, 2.45) is 0 Å². The molecule has 2 heterocycles. The van der Waals surface area contributed by atoms with Gasteiger partial charge in [-0.3, -0.25) is 0 Å². The highest BCUT2D eigenvalue weighted by Crippen LogP contribution is 2.40. The molecular formula is C46H30N2O. The van der Waals surface area contributed by atoms with Crippen LogP contribution in [0.4, 0.5) is 0 Å². The van der Waals surface area contributed by atoms with Crippen LogP contribution in [0.15, 0.2) is 186 Å². The number of nitrogens with zero attached hydrogens (tertiary/aromatic N) is 2. The normalized spacial score (nSPS) is 11.3. The van der Waals surface area contributed by atoms with Crippen LogP contribution in [0, 0.1) is 0 Å². The van der Waals surface area contributed by atoms with Gasteiger partial charge in [-0.1, -0.05) is 146 Å². The van der Waals surface area contributed by atoms with Gasteiger partial charge < -0.3 is 4.42 Å². The third kappa shape index (κ3) is 5.48. The maximum Gasteiger partial charge on any atom is 0.160 e. The van der Waals surface area contributed by atoms with Crippen molar-refractivity contribution in [1.29, 1.82) is 0 Å². The molecule has 0 saturated heterocycles. The van der Waals surface area contributed by atoms with Crippen LogP contribution >= 0.6 is 0 Å². The summed E-state index contributed by atoms with van der Waals surface area (Å²) < 4.78 is 6.51. The van der Waals surface area contributed by atoms with Crippen LogP contribution in [0.25, 0.3) is 89.2 Å². The molecule has 9 rings (SSSR count). The lowest BCUT2D eigenvalue weighted by molar-refractivity contribution is 0.670. The van der Waals surface area contributed by atoms with Crippen LogP contribution < -0.4 is 0 Å². The summed E-state index contributed by atoms with van der Waals surface area (Å²) in [6.45, 7) is 0. The minimum atomic E-state index is 0.685. The van der Waals surface area contributed by atoms with E-state index in [4.69, 9.17) is 14.4 Å². The summed E-state index contributed by atoms with van der Waals surface area (Å²) in [6, 6.07) is 63.3. The molecule has 0 aliphatic heterocycles. The molecule has 7 aromatic carbocycles. The molecule has 2 aromatic heterocycles. The van der Waals surface area contributed by atoms with E-state index in [0.717, 1.165) is 77.8 Å². The molecule has 0 aliphatic carbocycles. The average molecular weight is 627 g/mol.